The van der Waals surface area contributed by atoms with Crippen molar-refractivity contribution >= 4 is 56.7 Å². The molecule has 11 heteroatoms. The van der Waals surface area contributed by atoms with Gasteiger partial charge < -0.3 is 20.9 Å². The van der Waals surface area contributed by atoms with Gasteiger partial charge >= 0.3 is 12.2 Å². The second kappa shape index (κ2) is 8.04. The predicted molar refractivity (Wildman–Crippen MR) is 116 cm³/mol. The fourth-order valence-electron chi connectivity index (χ4n) is 3.31. The van der Waals surface area contributed by atoms with E-state index in [1.54, 1.807) is 24.3 Å². The number of alkyl halides is 3. The number of benzene rings is 2. The molecular weight excluding hydrogens is 447 g/mol. The third-order valence-electron chi connectivity index (χ3n) is 4.75. The van der Waals surface area contributed by atoms with E-state index in [-0.39, 0.29) is 17.3 Å². The Bertz CT molecular complexity index is 1370. The summed E-state index contributed by atoms with van der Waals surface area (Å²) >= 11 is 5.59. The van der Waals surface area contributed by atoms with Crippen LogP contribution in [-0.4, -0.2) is 29.0 Å². The molecule has 3 amide bonds. The van der Waals surface area contributed by atoms with Crippen LogP contribution in [0.2, 0.25) is 5.02 Å². The zero-order valence-corrected chi connectivity index (χ0v) is 17.2. The number of hydrogen-bond acceptors (Lipinski definition) is 3. The van der Waals surface area contributed by atoms with E-state index in [2.05, 4.69) is 25.9 Å². The van der Waals surface area contributed by atoms with Crippen LogP contribution in [0.1, 0.15) is 16.1 Å². The number of nitrogens with zero attached hydrogens (tertiary/aromatic N) is 1. The molecule has 0 bridgehead atoms. The SMILES string of the molecule is CNC(=O)c1nccc2c1[nH]c1cc(NC(=O)Nc3ccc(Cl)c(C(F)(F)F)c3)ccc12. The standard InChI is InChI=1S/C21H15ClF3N5O2/c1-26-19(31)18-17-13(6-7-27-18)12-4-2-11(9-16(12)30-17)29-20(32)28-10-3-5-15(22)14(8-10)21(23,24)25/h2-9,30H,1H3,(H,26,31)(H2,28,29,32). The van der Waals surface area contributed by atoms with Gasteiger partial charge in [0.15, 0.2) is 5.69 Å². The van der Waals surface area contributed by atoms with Crippen molar-refractivity contribution in [2.75, 3.05) is 17.7 Å². The Morgan fingerprint density at radius 2 is 1.69 bits per heavy atom. The molecule has 164 valence electrons. The minimum Gasteiger partial charge on any atom is -0.354 e. The van der Waals surface area contributed by atoms with Crippen molar-refractivity contribution in [3.63, 3.8) is 0 Å². The number of halogens is 4. The van der Waals surface area contributed by atoms with Gasteiger partial charge in [0.1, 0.15) is 0 Å². The Morgan fingerprint density at radius 1 is 1.00 bits per heavy atom. The number of nitrogens with one attached hydrogen (secondary N) is 4. The third-order valence-corrected chi connectivity index (χ3v) is 5.08. The molecule has 2 aromatic heterocycles. The van der Waals surface area contributed by atoms with E-state index >= 15 is 0 Å². The zero-order valence-electron chi connectivity index (χ0n) is 16.4. The first-order valence-electron chi connectivity index (χ1n) is 9.24. The van der Waals surface area contributed by atoms with Gasteiger partial charge in [-0.05, 0) is 36.4 Å². The highest BCUT2D eigenvalue weighted by Gasteiger charge is 2.33. The summed E-state index contributed by atoms with van der Waals surface area (Å²) < 4.78 is 39.0. The number of anilines is 2. The molecule has 0 spiro atoms. The summed E-state index contributed by atoms with van der Waals surface area (Å²) in [5, 5.41) is 8.59. The van der Waals surface area contributed by atoms with Gasteiger partial charge in [-0.2, -0.15) is 13.2 Å². The number of aromatic nitrogens is 2. The summed E-state index contributed by atoms with van der Waals surface area (Å²) in [6.45, 7) is 0. The van der Waals surface area contributed by atoms with Gasteiger partial charge in [-0.1, -0.05) is 17.7 Å². The molecule has 0 atom stereocenters. The summed E-state index contributed by atoms with van der Waals surface area (Å²) in [5.41, 5.74) is 0.702. The molecule has 7 nitrogen and oxygen atoms in total. The molecule has 0 saturated heterocycles. The van der Waals surface area contributed by atoms with Gasteiger partial charge in [-0.15, -0.1) is 0 Å². The average molecular weight is 462 g/mol. The van der Waals surface area contributed by atoms with Crippen molar-refractivity contribution in [3.05, 3.63) is 64.9 Å². The normalized spacial score (nSPS) is 11.5. The molecule has 0 aliphatic carbocycles. The Morgan fingerprint density at radius 3 is 2.38 bits per heavy atom. The zero-order chi connectivity index (χ0) is 23.0. The maximum Gasteiger partial charge on any atom is 0.417 e. The number of carbonyl (C=O) groups excluding carboxylic acids is 2. The quantitative estimate of drug-likeness (QED) is 0.329. The number of rotatable bonds is 3. The Hall–Kier alpha value is -3.79. The summed E-state index contributed by atoms with van der Waals surface area (Å²) in [7, 11) is 1.50. The van der Waals surface area contributed by atoms with E-state index < -0.39 is 22.8 Å². The van der Waals surface area contributed by atoms with Crippen molar-refractivity contribution in [3.8, 4) is 0 Å². The maximum atomic E-state index is 13.0. The lowest BCUT2D eigenvalue weighted by atomic mass is 10.1. The Balaban J connectivity index is 1.59. The monoisotopic (exact) mass is 461 g/mol. The highest BCUT2D eigenvalue weighted by atomic mass is 35.5. The highest BCUT2D eigenvalue weighted by Crippen LogP contribution is 2.36. The van der Waals surface area contributed by atoms with Gasteiger partial charge in [0, 0.05) is 40.9 Å². The van der Waals surface area contributed by atoms with Crippen molar-refractivity contribution < 1.29 is 22.8 Å². The van der Waals surface area contributed by atoms with Crippen LogP contribution >= 0.6 is 11.6 Å². The first-order valence-corrected chi connectivity index (χ1v) is 9.62. The van der Waals surface area contributed by atoms with E-state index in [4.69, 9.17) is 11.6 Å². The number of aromatic amines is 1. The van der Waals surface area contributed by atoms with Crippen molar-refractivity contribution in [1.82, 2.24) is 15.3 Å². The fourth-order valence-corrected chi connectivity index (χ4v) is 3.54. The number of hydrogen-bond donors (Lipinski definition) is 4. The maximum absolute atomic E-state index is 13.0. The molecule has 0 aliphatic rings. The van der Waals surface area contributed by atoms with E-state index in [9.17, 15) is 22.8 Å². The summed E-state index contributed by atoms with van der Waals surface area (Å²) in [5.74, 6) is -0.346. The number of urea groups is 1. The van der Waals surface area contributed by atoms with E-state index in [0.717, 1.165) is 22.9 Å². The Labute approximate surface area is 184 Å². The number of fused-ring (bicyclic) bond motifs is 3. The molecule has 2 aromatic carbocycles. The minimum atomic E-state index is -4.64. The van der Waals surface area contributed by atoms with Crippen LogP contribution < -0.4 is 16.0 Å². The number of H-pyrrole nitrogens is 1. The number of carbonyl (C=O) groups is 2. The summed E-state index contributed by atoms with van der Waals surface area (Å²) in [4.78, 5) is 31.6. The van der Waals surface area contributed by atoms with Crippen LogP contribution in [-0.2, 0) is 6.18 Å². The number of amides is 3. The third kappa shape index (κ3) is 4.04. The van der Waals surface area contributed by atoms with Gasteiger partial charge in [-0.25, -0.2) is 9.78 Å². The molecule has 2 heterocycles. The first kappa shape index (κ1) is 21.4. The molecule has 0 fully saturated rings. The predicted octanol–water partition coefficient (Wildman–Crippen LogP) is 5.39. The van der Waals surface area contributed by atoms with Crippen LogP contribution in [0.25, 0.3) is 21.8 Å². The second-order valence-corrected chi connectivity index (χ2v) is 7.23. The first-order chi connectivity index (χ1) is 15.2. The van der Waals surface area contributed by atoms with Crippen LogP contribution in [0.4, 0.5) is 29.3 Å². The smallest absolute Gasteiger partial charge is 0.354 e. The average Bonchev–Trinajstić information content (AvgIpc) is 3.11. The molecule has 4 aromatic rings. The summed E-state index contributed by atoms with van der Waals surface area (Å²) in [6, 6.07) is 9.16. The lowest BCUT2D eigenvalue weighted by Gasteiger charge is -2.12. The largest absolute Gasteiger partial charge is 0.417 e. The second-order valence-electron chi connectivity index (χ2n) is 6.82. The van der Waals surface area contributed by atoms with Crippen molar-refractivity contribution in [2.45, 2.75) is 6.18 Å². The van der Waals surface area contributed by atoms with Crippen molar-refractivity contribution in [1.29, 1.82) is 0 Å². The van der Waals surface area contributed by atoms with Crippen LogP contribution in [0.15, 0.2) is 48.7 Å². The van der Waals surface area contributed by atoms with E-state index in [0.29, 0.717) is 16.7 Å². The van der Waals surface area contributed by atoms with Gasteiger partial charge in [0.25, 0.3) is 5.91 Å². The molecular formula is C21H15ClF3N5O2. The molecule has 0 unspecified atom stereocenters. The fraction of sp³-hybridized carbons (Fsp3) is 0.0952. The van der Waals surface area contributed by atoms with Crippen LogP contribution in [0.3, 0.4) is 0 Å². The minimum absolute atomic E-state index is 0.0628. The molecule has 32 heavy (non-hydrogen) atoms. The Kier molecular flexibility index (Phi) is 5.39. The topological polar surface area (TPSA) is 98.9 Å². The van der Waals surface area contributed by atoms with E-state index in [1.807, 2.05) is 0 Å². The van der Waals surface area contributed by atoms with Gasteiger partial charge in [-0.3, -0.25) is 4.79 Å². The van der Waals surface area contributed by atoms with Crippen LogP contribution in [0.5, 0.6) is 0 Å². The molecule has 0 aliphatic heterocycles. The number of pyridine rings is 1. The van der Waals surface area contributed by atoms with Gasteiger partial charge in [0.05, 0.1) is 16.1 Å². The summed E-state index contributed by atoms with van der Waals surface area (Å²) in [6.07, 6.45) is -3.12. The van der Waals surface area contributed by atoms with Gasteiger partial charge in [0.2, 0.25) is 0 Å². The lowest BCUT2D eigenvalue weighted by molar-refractivity contribution is -0.137. The molecule has 0 saturated carbocycles. The molecule has 4 N–H and O–H groups in total. The van der Waals surface area contributed by atoms with Crippen molar-refractivity contribution in [2.24, 2.45) is 0 Å². The lowest BCUT2D eigenvalue weighted by Crippen LogP contribution is -2.19. The molecule has 0 radical (unpaired) electrons. The highest BCUT2D eigenvalue weighted by molar-refractivity contribution is 6.31. The van der Waals surface area contributed by atoms with E-state index in [1.165, 1.54) is 19.3 Å². The molecule has 4 rings (SSSR count). The van der Waals surface area contributed by atoms with Crippen LogP contribution in [0, 0.1) is 0 Å².